The van der Waals surface area contributed by atoms with Crippen molar-refractivity contribution in [3.05, 3.63) is 56.7 Å². The van der Waals surface area contributed by atoms with Crippen LogP contribution in [0.3, 0.4) is 0 Å². The van der Waals surface area contributed by atoms with Crippen LogP contribution in [0.5, 0.6) is 0 Å². The van der Waals surface area contributed by atoms with Crippen molar-refractivity contribution < 1.29 is 8.78 Å². The van der Waals surface area contributed by atoms with Gasteiger partial charge in [-0.05, 0) is 47.4 Å². The van der Waals surface area contributed by atoms with Crippen molar-refractivity contribution in [1.29, 1.82) is 0 Å². The maximum Gasteiger partial charge on any atom is 0.142 e. The number of benzene rings is 1. The number of aryl methyl sites for hydroxylation is 1. The zero-order valence-corrected chi connectivity index (χ0v) is 11.6. The first-order valence-corrected chi connectivity index (χ1v) is 7.05. The Hall–Kier alpha value is -1.01. The van der Waals surface area contributed by atoms with E-state index in [4.69, 9.17) is 17.4 Å². The molecule has 0 bridgehead atoms. The Morgan fingerprint density at radius 2 is 2.11 bits per heavy atom. The molecule has 19 heavy (non-hydrogen) atoms. The first-order valence-electron chi connectivity index (χ1n) is 5.73. The average Bonchev–Trinajstić information content (AvgIpc) is 2.89. The van der Waals surface area contributed by atoms with Gasteiger partial charge in [0.2, 0.25) is 0 Å². The standard InChI is InChI=1S/C13H13ClF2N2S/c14-10-6-11(15)9(5-12(10)16)13(18-17)2-1-8-3-4-19-7-8/h3-7,13,18H,1-2,17H2. The Morgan fingerprint density at radius 3 is 2.74 bits per heavy atom. The van der Waals surface area contributed by atoms with Crippen LogP contribution in [-0.2, 0) is 6.42 Å². The van der Waals surface area contributed by atoms with Gasteiger partial charge in [0.15, 0.2) is 0 Å². The van der Waals surface area contributed by atoms with E-state index in [1.54, 1.807) is 11.3 Å². The predicted molar refractivity (Wildman–Crippen MR) is 74.1 cm³/mol. The Bertz CT molecular complexity index is 546. The molecule has 0 aliphatic heterocycles. The molecule has 1 aromatic heterocycles. The number of hydrogen-bond donors (Lipinski definition) is 2. The topological polar surface area (TPSA) is 38.0 Å². The molecule has 0 saturated carbocycles. The van der Waals surface area contributed by atoms with Crippen LogP contribution in [0.1, 0.15) is 23.6 Å². The van der Waals surface area contributed by atoms with E-state index in [1.165, 1.54) is 0 Å². The molecule has 3 N–H and O–H groups in total. The van der Waals surface area contributed by atoms with Gasteiger partial charge in [0.05, 0.1) is 5.02 Å². The molecule has 0 amide bonds. The number of hydrazine groups is 1. The van der Waals surface area contributed by atoms with Crippen molar-refractivity contribution in [2.75, 3.05) is 0 Å². The minimum Gasteiger partial charge on any atom is -0.271 e. The fraction of sp³-hybridized carbons (Fsp3) is 0.231. The average molecular weight is 303 g/mol. The molecule has 2 rings (SSSR count). The predicted octanol–water partition coefficient (Wildman–Crippen LogP) is 3.82. The summed E-state index contributed by atoms with van der Waals surface area (Å²) >= 11 is 7.13. The minimum atomic E-state index is -0.645. The number of nitrogens with one attached hydrogen (secondary N) is 1. The summed E-state index contributed by atoms with van der Waals surface area (Å²) in [7, 11) is 0. The molecule has 1 aromatic carbocycles. The fourth-order valence-electron chi connectivity index (χ4n) is 1.88. The van der Waals surface area contributed by atoms with E-state index in [9.17, 15) is 8.78 Å². The summed E-state index contributed by atoms with van der Waals surface area (Å²) < 4.78 is 27.2. The van der Waals surface area contributed by atoms with Crippen molar-refractivity contribution in [2.24, 2.45) is 5.84 Å². The molecule has 1 unspecified atom stereocenters. The van der Waals surface area contributed by atoms with Gasteiger partial charge in [-0.3, -0.25) is 11.3 Å². The van der Waals surface area contributed by atoms with Crippen LogP contribution >= 0.6 is 22.9 Å². The molecule has 2 aromatic rings. The molecule has 0 fully saturated rings. The molecule has 0 saturated heterocycles. The van der Waals surface area contributed by atoms with Crippen molar-refractivity contribution in [2.45, 2.75) is 18.9 Å². The Morgan fingerprint density at radius 1 is 1.32 bits per heavy atom. The third kappa shape index (κ3) is 3.51. The van der Waals surface area contributed by atoms with Crippen LogP contribution in [0.25, 0.3) is 0 Å². The third-order valence-corrected chi connectivity index (χ3v) is 3.94. The summed E-state index contributed by atoms with van der Waals surface area (Å²) in [6.45, 7) is 0. The van der Waals surface area contributed by atoms with Crippen LogP contribution in [-0.4, -0.2) is 0 Å². The molecule has 6 heteroatoms. The largest absolute Gasteiger partial charge is 0.271 e. The molecule has 2 nitrogen and oxygen atoms in total. The highest BCUT2D eigenvalue weighted by Gasteiger charge is 2.17. The number of thiophene rings is 1. The zero-order chi connectivity index (χ0) is 13.8. The van der Waals surface area contributed by atoms with Gasteiger partial charge in [-0.1, -0.05) is 11.6 Å². The Kier molecular flexibility index (Phi) is 4.87. The molecule has 0 aliphatic rings. The summed E-state index contributed by atoms with van der Waals surface area (Å²) in [6.07, 6.45) is 1.31. The van der Waals surface area contributed by atoms with Gasteiger partial charge in [-0.25, -0.2) is 8.78 Å². The Balaban J connectivity index is 2.15. The van der Waals surface area contributed by atoms with E-state index in [1.807, 2.05) is 16.8 Å². The first-order chi connectivity index (χ1) is 9.11. The lowest BCUT2D eigenvalue weighted by molar-refractivity contribution is 0.480. The van der Waals surface area contributed by atoms with E-state index in [0.717, 1.165) is 24.1 Å². The second kappa shape index (κ2) is 6.43. The summed E-state index contributed by atoms with van der Waals surface area (Å²) in [6, 6.07) is 3.61. The molecular weight excluding hydrogens is 290 g/mol. The second-order valence-corrected chi connectivity index (χ2v) is 5.36. The number of rotatable bonds is 5. The second-order valence-electron chi connectivity index (χ2n) is 4.18. The third-order valence-electron chi connectivity index (χ3n) is 2.92. The Labute approximate surface area is 119 Å². The van der Waals surface area contributed by atoms with Crippen molar-refractivity contribution in [3.63, 3.8) is 0 Å². The van der Waals surface area contributed by atoms with Gasteiger partial charge in [-0.2, -0.15) is 11.3 Å². The van der Waals surface area contributed by atoms with Gasteiger partial charge in [0, 0.05) is 11.6 Å². The number of nitrogens with two attached hydrogens (primary N) is 1. The van der Waals surface area contributed by atoms with Crippen LogP contribution in [0.2, 0.25) is 5.02 Å². The van der Waals surface area contributed by atoms with Crippen LogP contribution in [0.15, 0.2) is 29.0 Å². The minimum absolute atomic E-state index is 0.194. The van der Waals surface area contributed by atoms with E-state index in [0.29, 0.717) is 6.42 Å². The highest BCUT2D eigenvalue weighted by Crippen LogP contribution is 2.26. The molecule has 0 radical (unpaired) electrons. The highest BCUT2D eigenvalue weighted by atomic mass is 35.5. The van der Waals surface area contributed by atoms with E-state index in [2.05, 4.69) is 5.43 Å². The molecular formula is C13H13ClF2N2S. The quantitative estimate of drug-likeness (QED) is 0.500. The first kappa shape index (κ1) is 14.4. The summed E-state index contributed by atoms with van der Waals surface area (Å²) in [5.74, 6) is 4.23. The normalized spacial score (nSPS) is 12.6. The highest BCUT2D eigenvalue weighted by molar-refractivity contribution is 7.07. The SMILES string of the molecule is NNC(CCc1ccsc1)c1cc(F)c(Cl)cc1F. The van der Waals surface area contributed by atoms with Crippen molar-refractivity contribution >= 4 is 22.9 Å². The maximum atomic E-state index is 13.8. The lowest BCUT2D eigenvalue weighted by atomic mass is 10.00. The van der Waals surface area contributed by atoms with Crippen LogP contribution in [0.4, 0.5) is 8.78 Å². The summed E-state index contributed by atoms with van der Waals surface area (Å²) in [5.41, 5.74) is 3.87. The monoisotopic (exact) mass is 302 g/mol. The van der Waals surface area contributed by atoms with E-state index < -0.39 is 17.7 Å². The van der Waals surface area contributed by atoms with Crippen LogP contribution in [0, 0.1) is 11.6 Å². The summed E-state index contributed by atoms with van der Waals surface area (Å²) in [5, 5.41) is 3.77. The molecule has 0 aliphatic carbocycles. The van der Waals surface area contributed by atoms with Gasteiger partial charge in [0.1, 0.15) is 11.6 Å². The summed E-state index contributed by atoms with van der Waals surface area (Å²) in [4.78, 5) is 0. The van der Waals surface area contributed by atoms with E-state index >= 15 is 0 Å². The van der Waals surface area contributed by atoms with Gasteiger partial charge in [0.25, 0.3) is 0 Å². The lowest BCUT2D eigenvalue weighted by Gasteiger charge is -2.17. The molecule has 1 atom stereocenters. The fourth-order valence-corrected chi connectivity index (χ4v) is 2.73. The smallest absolute Gasteiger partial charge is 0.142 e. The molecule has 1 heterocycles. The van der Waals surface area contributed by atoms with Gasteiger partial charge in [-0.15, -0.1) is 0 Å². The van der Waals surface area contributed by atoms with Crippen LogP contribution < -0.4 is 11.3 Å². The van der Waals surface area contributed by atoms with Gasteiger partial charge < -0.3 is 0 Å². The van der Waals surface area contributed by atoms with Gasteiger partial charge >= 0.3 is 0 Å². The number of hydrogen-bond acceptors (Lipinski definition) is 3. The number of halogens is 3. The van der Waals surface area contributed by atoms with Crippen molar-refractivity contribution in [1.82, 2.24) is 5.43 Å². The zero-order valence-electron chi connectivity index (χ0n) is 10.00. The lowest BCUT2D eigenvalue weighted by Crippen LogP contribution is -2.29. The molecule has 102 valence electrons. The van der Waals surface area contributed by atoms with Crippen molar-refractivity contribution in [3.8, 4) is 0 Å². The molecule has 0 spiro atoms. The van der Waals surface area contributed by atoms with E-state index in [-0.39, 0.29) is 10.6 Å². The maximum absolute atomic E-state index is 13.8.